The number of rotatable bonds is 8. The zero-order chi connectivity index (χ0) is 26.9. The maximum Gasteiger partial charge on any atom is 0.260 e. The van der Waals surface area contributed by atoms with Crippen LogP contribution in [0.15, 0.2) is 70.2 Å². The summed E-state index contributed by atoms with van der Waals surface area (Å²) in [5.74, 6) is 0.924. The van der Waals surface area contributed by atoms with Crippen LogP contribution in [-0.4, -0.2) is 55.5 Å². The van der Waals surface area contributed by atoms with E-state index in [0.717, 1.165) is 4.70 Å². The third-order valence-electron chi connectivity index (χ3n) is 6.17. The monoisotopic (exact) mass is 555 g/mol. The van der Waals surface area contributed by atoms with Crippen LogP contribution >= 0.6 is 11.3 Å². The number of sulfonamides is 1. The molecule has 1 aliphatic rings. The molecule has 1 aliphatic heterocycles. The summed E-state index contributed by atoms with van der Waals surface area (Å²) in [5.41, 5.74) is 1.02. The molecule has 38 heavy (non-hydrogen) atoms. The lowest BCUT2D eigenvalue weighted by molar-refractivity contribution is -0.0440. The van der Waals surface area contributed by atoms with E-state index < -0.39 is 10.0 Å². The van der Waals surface area contributed by atoms with E-state index >= 15 is 0 Å². The van der Waals surface area contributed by atoms with Gasteiger partial charge in [-0.15, -0.1) is 0 Å². The van der Waals surface area contributed by atoms with E-state index in [4.69, 9.17) is 18.9 Å². The lowest BCUT2D eigenvalue weighted by Gasteiger charge is -2.34. The zero-order valence-corrected chi connectivity index (χ0v) is 23.0. The number of anilines is 1. The van der Waals surface area contributed by atoms with Crippen LogP contribution in [0.3, 0.4) is 0 Å². The van der Waals surface area contributed by atoms with Crippen LogP contribution in [0.2, 0.25) is 0 Å². The van der Waals surface area contributed by atoms with Crippen molar-refractivity contribution in [2.75, 3.05) is 24.6 Å². The van der Waals surface area contributed by atoms with Gasteiger partial charge in [0.15, 0.2) is 5.13 Å². The number of ether oxygens (including phenoxy) is 2. The van der Waals surface area contributed by atoms with Crippen molar-refractivity contribution in [3.8, 4) is 5.75 Å². The molecule has 2 aromatic carbocycles. The Morgan fingerprint density at radius 1 is 1.11 bits per heavy atom. The third-order valence-corrected chi connectivity index (χ3v) is 9.06. The zero-order valence-electron chi connectivity index (χ0n) is 21.4. The molecule has 0 N–H and O–H groups in total. The largest absolute Gasteiger partial charge is 0.492 e. The van der Waals surface area contributed by atoms with Gasteiger partial charge in [0, 0.05) is 18.7 Å². The first-order chi connectivity index (χ1) is 18.3. The second-order valence-electron chi connectivity index (χ2n) is 9.11. The highest BCUT2D eigenvalue weighted by atomic mass is 32.2. The second-order valence-corrected chi connectivity index (χ2v) is 12.1. The van der Waals surface area contributed by atoms with Gasteiger partial charge in [-0.2, -0.15) is 4.31 Å². The molecule has 9 nitrogen and oxygen atoms in total. The van der Waals surface area contributed by atoms with Crippen LogP contribution in [0.5, 0.6) is 5.75 Å². The Bertz CT molecular complexity index is 1510. The fourth-order valence-electron chi connectivity index (χ4n) is 4.49. The van der Waals surface area contributed by atoms with Crippen LogP contribution < -0.4 is 9.64 Å². The van der Waals surface area contributed by atoms with Gasteiger partial charge >= 0.3 is 0 Å². The molecule has 0 bridgehead atoms. The van der Waals surface area contributed by atoms with Gasteiger partial charge in [-0.25, -0.2) is 13.4 Å². The van der Waals surface area contributed by atoms with Gasteiger partial charge in [0.1, 0.15) is 17.0 Å². The molecule has 0 aliphatic carbocycles. The summed E-state index contributed by atoms with van der Waals surface area (Å²) in [6.45, 7) is 6.85. The molecular formula is C27H29N3O6S2. The molecule has 2 aromatic heterocycles. The lowest BCUT2D eigenvalue weighted by Crippen LogP contribution is -2.48. The number of benzene rings is 2. The fraction of sp³-hybridized carbons (Fsp3) is 0.333. The SMILES string of the molecule is CCOc1cccc2sc(N(Cc3ccco3)C(=O)c3ccc(S(=O)(=O)N4CC(C)OC(C)C4)cc3)nc12. The Hall–Kier alpha value is -3.25. The highest BCUT2D eigenvalue weighted by Crippen LogP contribution is 2.35. The first-order valence-electron chi connectivity index (χ1n) is 12.4. The van der Waals surface area contributed by atoms with Crippen LogP contribution in [0.4, 0.5) is 5.13 Å². The molecule has 3 heterocycles. The maximum atomic E-state index is 13.8. The van der Waals surface area contributed by atoms with E-state index in [9.17, 15) is 13.2 Å². The summed E-state index contributed by atoms with van der Waals surface area (Å²) in [6, 6.07) is 15.3. The van der Waals surface area contributed by atoms with Crippen molar-refractivity contribution in [2.24, 2.45) is 0 Å². The molecule has 5 rings (SSSR count). The molecule has 200 valence electrons. The van der Waals surface area contributed by atoms with E-state index in [1.54, 1.807) is 18.4 Å². The highest BCUT2D eigenvalue weighted by Gasteiger charge is 2.32. The summed E-state index contributed by atoms with van der Waals surface area (Å²) >= 11 is 1.37. The number of nitrogens with zero attached hydrogens (tertiary/aromatic N) is 3. The quantitative estimate of drug-likeness (QED) is 0.304. The van der Waals surface area contributed by atoms with Crippen molar-refractivity contribution < 1.29 is 27.1 Å². The molecule has 11 heteroatoms. The predicted octanol–water partition coefficient (Wildman–Crippen LogP) is 4.93. The first kappa shape index (κ1) is 26.4. The summed E-state index contributed by atoms with van der Waals surface area (Å²) in [4.78, 5) is 20.2. The van der Waals surface area contributed by atoms with Crippen molar-refractivity contribution in [3.63, 3.8) is 0 Å². The average molecular weight is 556 g/mol. The van der Waals surface area contributed by atoms with Crippen molar-refractivity contribution >= 4 is 42.6 Å². The Kier molecular flexibility index (Phi) is 7.53. The molecule has 2 atom stereocenters. The second kappa shape index (κ2) is 10.9. The van der Waals surface area contributed by atoms with Gasteiger partial charge in [0.05, 0.1) is 41.2 Å². The Balaban J connectivity index is 1.45. The van der Waals surface area contributed by atoms with Crippen LogP contribution in [0.1, 0.15) is 36.9 Å². The molecule has 1 amide bonds. The smallest absolute Gasteiger partial charge is 0.260 e. The standard InChI is InChI=1S/C27H29N3O6S2/c1-4-34-23-8-5-9-24-25(23)28-27(37-24)30(17-21-7-6-14-35-21)26(31)20-10-12-22(13-11-20)38(32,33)29-15-18(2)36-19(3)16-29/h5-14,18-19H,4,15-17H2,1-3H3. The summed E-state index contributed by atoms with van der Waals surface area (Å²) < 4.78 is 45.7. The average Bonchev–Trinajstić information content (AvgIpc) is 3.57. The Morgan fingerprint density at radius 2 is 1.84 bits per heavy atom. The van der Waals surface area contributed by atoms with Crippen LogP contribution in [0, 0.1) is 0 Å². The van der Waals surface area contributed by atoms with Crippen LogP contribution in [0.25, 0.3) is 10.2 Å². The third kappa shape index (κ3) is 5.32. The maximum absolute atomic E-state index is 13.8. The molecule has 0 spiro atoms. The van der Waals surface area contributed by atoms with Crippen molar-refractivity contribution in [1.82, 2.24) is 9.29 Å². The number of fused-ring (bicyclic) bond motifs is 1. The van der Waals surface area contributed by atoms with Crippen molar-refractivity contribution in [1.29, 1.82) is 0 Å². The number of hydrogen-bond donors (Lipinski definition) is 0. The Labute approximate surface area is 225 Å². The number of hydrogen-bond acceptors (Lipinski definition) is 8. The van der Waals surface area contributed by atoms with Crippen molar-refractivity contribution in [2.45, 2.75) is 44.4 Å². The van der Waals surface area contributed by atoms with Gasteiger partial charge in [-0.3, -0.25) is 9.69 Å². The molecule has 2 unspecified atom stereocenters. The fourth-order valence-corrected chi connectivity index (χ4v) is 7.06. The number of furan rings is 1. The van der Waals surface area contributed by atoms with Gasteiger partial charge in [-0.1, -0.05) is 17.4 Å². The molecular weight excluding hydrogens is 526 g/mol. The molecule has 0 radical (unpaired) electrons. The minimum atomic E-state index is -3.72. The molecule has 1 saturated heterocycles. The van der Waals surface area contributed by atoms with E-state index in [2.05, 4.69) is 0 Å². The normalized spacial score (nSPS) is 18.5. The predicted molar refractivity (Wildman–Crippen MR) is 145 cm³/mol. The van der Waals surface area contributed by atoms with E-state index in [0.29, 0.717) is 34.3 Å². The van der Waals surface area contributed by atoms with Gasteiger partial charge in [-0.05, 0) is 69.3 Å². The number of carbonyl (C=O) groups excluding carboxylic acids is 1. The minimum Gasteiger partial charge on any atom is -0.492 e. The number of thiazole rings is 1. The number of aromatic nitrogens is 1. The summed E-state index contributed by atoms with van der Waals surface area (Å²) in [7, 11) is -3.72. The number of carbonyl (C=O) groups is 1. The first-order valence-corrected chi connectivity index (χ1v) is 14.6. The van der Waals surface area contributed by atoms with Crippen LogP contribution in [-0.2, 0) is 21.3 Å². The summed E-state index contributed by atoms with van der Waals surface area (Å²) in [5, 5.41) is 0.488. The van der Waals surface area contributed by atoms with E-state index in [1.807, 2.05) is 39.0 Å². The number of para-hydroxylation sites is 1. The number of amides is 1. The van der Waals surface area contributed by atoms with Gasteiger partial charge in [0.2, 0.25) is 10.0 Å². The molecule has 4 aromatic rings. The molecule has 1 fully saturated rings. The molecule has 0 saturated carbocycles. The van der Waals surface area contributed by atoms with E-state index in [-0.39, 0.29) is 42.6 Å². The van der Waals surface area contributed by atoms with Crippen molar-refractivity contribution in [3.05, 3.63) is 72.2 Å². The minimum absolute atomic E-state index is 0.134. The Morgan fingerprint density at radius 3 is 2.50 bits per heavy atom. The topological polar surface area (TPSA) is 102 Å². The highest BCUT2D eigenvalue weighted by molar-refractivity contribution is 7.89. The van der Waals surface area contributed by atoms with Gasteiger partial charge < -0.3 is 13.9 Å². The lowest BCUT2D eigenvalue weighted by atomic mass is 10.2. The van der Waals surface area contributed by atoms with E-state index in [1.165, 1.54) is 44.8 Å². The van der Waals surface area contributed by atoms with Gasteiger partial charge in [0.25, 0.3) is 5.91 Å². The summed E-state index contributed by atoms with van der Waals surface area (Å²) in [6.07, 6.45) is 1.17. The number of morpholine rings is 1.